The Labute approximate surface area is 181 Å². The topological polar surface area (TPSA) is 40.1 Å². The molecule has 1 saturated carbocycles. The van der Waals surface area contributed by atoms with E-state index >= 15 is 0 Å². The fourth-order valence-corrected chi connectivity index (χ4v) is 3.67. The van der Waals surface area contributed by atoms with Gasteiger partial charge in [-0.15, -0.1) is 24.0 Å². The first-order valence-electron chi connectivity index (χ1n) is 10.1. The normalized spacial score (nSPS) is 20.3. The summed E-state index contributed by atoms with van der Waals surface area (Å²) in [6.07, 6.45) is 4.11. The van der Waals surface area contributed by atoms with Gasteiger partial charge in [0, 0.05) is 39.3 Å². The maximum atomic E-state index is 5.52. The zero-order valence-corrected chi connectivity index (χ0v) is 19.3. The molecule has 2 aliphatic rings. The van der Waals surface area contributed by atoms with Gasteiger partial charge in [-0.1, -0.05) is 12.1 Å². The van der Waals surface area contributed by atoms with Crippen LogP contribution in [0.15, 0.2) is 29.3 Å². The monoisotopic (exact) mass is 486 g/mol. The van der Waals surface area contributed by atoms with Gasteiger partial charge >= 0.3 is 0 Å². The number of guanidine groups is 1. The van der Waals surface area contributed by atoms with E-state index in [1.165, 1.54) is 37.9 Å². The lowest BCUT2D eigenvalue weighted by Crippen LogP contribution is -2.39. The van der Waals surface area contributed by atoms with Crippen molar-refractivity contribution in [1.82, 2.24) is 15.1 Å². The van der Waals surface area contributed by atoms with Crippen LogP contribution in [0.3, 0.4) is 0 Å². The average molecular weight is 486 g/mol. The van der Waals surface area contributed by atoms with Crippen LogP contribution in [0.5, 0.6) is 5.75 Å². The molecule has 0 radical (unpaired) electrons. The van der Waals surface area contributed by atoms with E-state index in [4.69, 9.17) is 9.73 Å². The van der Waals surface area contributed by atoms with Gasteiger partial charge in [-0.05, 0) is 63.3 Å². The van der Waals surface area contributed by atoms with Gasteiger partial charge in [-0.3, -0.25) is 4.99 Å². The summed E-state index contributed by atoms with van der Waals surface area (Å²) in [6, 6.07) is 9.24. The fourth-order valence-electron chi connectivity index (χ4n) is 3.67. The van der Waals surface area contributed by atoms with Gasteiger partial charge in [-0.25, -0.2) is 0 Å². The van der Waals surface area contributed by atoms with Gasteiger partial charge in [0.15, 0.2) is 5.96 Å². The number of nitrogens with zero attached hydrogens (tertiary/aromatic N) is 3. The SMILES string of the molecule is CCNC(=NCC1CCN(C2CC2)C1)N(C)Cc1ccc(OCC)cc1.I. The van der Waals surface area contributed by atoms with E-state index in [1.54, 1.807) is 0 Å². The zero-order valence-electron chi connectivity index (χ0n) is 17.0. The third-order valence-corrected chi connectivity index (χ3v) is 5.23. The van der Waals surface area contributed by atoms with Gasteiger partial charge in [-0.2, -0.15) is 0 Å². The van der Waals surface area contributed by atoms with Crippen molar-refractivity contribution in [3.63, 3.8) is 0 Å². The molecule has 0 spiro atoms. The van der Waals surface area contributed by atoms with Crippen molar-refractivity contribution >= 4 is 29.9 Å². The van der Waals surface area contributed by atoms with Gasteiger partial charge in [0.2, 0.25) is 0 Å². The van der Waals surface area contributed by atoms with Crippen molar-refractivity contribution in [2.24, 2.45) is 10.9 Å². The molecule has 1 unspecified atom stereocenters. The van der Waals surface area contributed by atoms with Crippen LogP contribution in [0.1, 0.15) is 38.7 Å². The van der Waals surface area contributed by atoms with Gasteiger partial charge in [0.25, 0.3) is 0 Å². The fraction of sp³-hybridized carbons (Fsp3) is 0.667. The lowest BCUT2D eigenvalue weighted by Gasteiger charge is -2.23. The number of ether oxygens (including phenoxy) is 1. The third kappa shape index (κ3) is 6.82. The summed E-state index contributed by atoms with van der Waals surface area (Å²) in [5.41, 5.74) is 1.27. The average Bonchev–Trinajstić information content (AvgIpc) is 3.39. The Morgan fingerprint density at radius 3 is 2.59 bits per heavy atom. The van der Waals surface area contributed by atoms with Crippen LogP contribution in [0, 0.1) is 5.92 Å². The smallest absolute Gasteiger partial charge is 0.193 e. The maximum Gasteiger partial charge on any atom is 0.193 e. The molecular formula is C21H35IN4O. The van der Waals surface area contributed by atoms with Crippen LogP contribution < -0.4 is 10.1 Å². The Morgan fingerprint density at radius 2 is 1.96 bits per heavy atom. The van der Waals surface area contributed by atoms with Gasteiger partial charge in [0.1, 0.15) is 5.75 Å². The predicted molar refractivity (Wildman–Crippen MR) is 123 cm³/mol. The third-order valence-electron chi connectivity index (χ3n) is 5.23. The van der Waals surface area contributed by atoms with E-state index in [2.05, 4.69) is 41.2 Å². The number of benzene rings is 1. The maximum absolute atomic E-state index is 5.52. The van der Waals surface area contributed by atoms with Crippen LogP contribution in [0.25, 0.3) is 0 Å². The Balaban J connectivity index is 0.00000261. The molecule has 1 saturated heterocycles. The second-order valence-corrected chi connectivity index (χ2v) is 7.51. The van der Waals surface area contributed by atoms with Crippen LogP contribution >= 0.6 is 24.0 Å². The summed E-state index contributed by atoms with van der Waals surface area (Å²) in [5, 5.41) is 3.44. The lowest BCUT2D eigenvalue weighted by atomic mass is 10.1. The predicted octanol–water partition coefficient (Wildman–Crippen LogP) is 3.58. The summed E-state index contributed by atoms with van der Waals surface area (Å²) in [4.78, 5) is 9.81. The van der Waals surface area contributed by atoms with E-state index in [9.17, 15) is 0 Å². The van der Waals surface area contributed by atoms with Gasteiger partial charge < -0.3 is 19.9 Å². The number of aliphatic imine (C=N–C) groups is 1. The molecule has 1 heterocycles. The number of nitrogens with one attached hydrogen (secondary N) is 1. The van der Waals surface area contributed by atoms with Gasteiger partial charge in [0.05, 0.1) is 6.61 Å². The highest BCUT2D eigenvalue weighted by Gasteiger charge is 2.34. The minimum Gasteiger partial charge on any atom is -0.494 e. The Hall–Kier alpha value is -1.02. The molecule has 2 fully saturated rings. The Kier molecular flexibility index (Phi) is 9.15. The second-order valence-electron chi connectivity index (χ2n) is 7.51. The van der Waals surface area contributed by atoms with E-state index in [0.717, 1.165) is 37.4 Å². The van der Waals surface area contributed by atoms with Crippen LogP contribution in [0.4, 0.5) is 0 Å². The van der Waals surface area contributed by atoms with Crippen LogP contribution in [0.2, 0.25) is 0 Å². The molecule has 6 heteroatoms. The molecule has 3 rings (SSSR count). The van der Waals surface area contributed by atoms with E-state index < -0.39 is 0 Å². The summed E-state index contributed by atoms with van der Waals surface area (Å²) in [6.45, 7) is 10.0. The lowest BCUT2D eigenvalue weighted by molar-refractivity contribution is 0.315. The Bertz CT molecular complexity index is 588. The van der Waals surface area contributed by atoms with Crippen molar-refractivity contribution in [2.75, 3.05) is 39.8 Å². The largest absolute Gasteiger partial charge is 0.494 e. The second kappa shape index (κ2) is 11.1. The first kappa shape index (κ1) is 22.3. The van der Waals surface area contributed by atoms with Crippen molar-refractivity contribution < 1.29 is 4.74 Å². The Morgan fingerprint density at radius 1 is 1.22 bits per heavy atom. The number of halogens is 1. The van der Waals surface area contributed by atoms with Crippen molar-refractivity contribution in [1.29, 1.82) is 0 Å². The highest BCUT2D eigenvalue weighted by Crippen LogP contribution is 2.31. The molecule has 0 bridgehead atoms. The van der Waals surface area contributed by atoms with Crippen LogP contribution in [-0.4, -0.2) is 61.6 Å². The van der Waals surface area contributed by atoms with E-state index in [0.29, 0.717) is 12.5 Å². The molecule has 5 nitrogen and oxygen atoms in total. The number of hydrogen-bond donors (Lipinski definition) is 1. The summed E-state index contributed by atoms with van der Waals surface area (Å²) >= 11 is 0. The summed E-state index contributed by atoms with van der Waals surface area (Å²) < 4.78 is 5.52. The van der Waals surface area contributed by atoms with Crippen LogP contribution in [-0.2, 0) is 6.54 Å². The minimum absolute atomic E-state index is 0. The standard InChI is InChI=1S/C21H34N4O.HI/c1-4-22-21(23-14-18-12-13-25(16-18)19-8-9-19)24(3)15-17-6-10-20(11-7-17)26-5-2;/h6-7,10-11,18-19H,4-5,8-9,12-16H2,1-3H3,(H,22,23);1H. The van der Waals surface area contributed by atoms with E-state index in [1.807, 2.05) is 19.1 Å². The molecule has 1 aliphatic heterocycles. The molecule has 0 amide bonds. The van der Waals surface area contributed by atoms with Crippen molar-refractivity contribution in [3.05, 3.63) is 29.8 Å². The highest BCUT2D eigenvalue weighted by molar-refractivity contribution is 14.0. The highest BCUT2D eigenvalue weighted by atomic mass is 127. The molecule has 27 heavy (non-hydrogen) atoms. The molecule has 1 atom stereocenters. The molecule has 1 aromatic carbocycles. The summed E-state index contributed by atoms with van der Waals surface area (Å²) in [7, 11) is 2.11. The molecule has 1 aromatic rings. The summed E-state index contributed by atoms with van der Waals surface area (Å²) in [5.74, 6) is 2.65. The molecular weight excluding hydrogens is 451 g/mol. The molecule has 1 aliphatic carbocycles. The van der Waals surface area contributed by atoms with Crippen molar-refractivity contribution in [3.8, 4) is 5.75 Å². The number of hydrogen-bond acceptors (Lipinski definition) is 3. The number of rotatable bonds is 8. The quantitative estimate of drug-likeness (QED) is 0.347. The molecule has 152 valence electrons. The first-order valence-corrected chi connectivity index (χ1v) is 10.1. The first-order chi connectivity index (χ1) is 12.7. The molecule has 0 aromatic heterocycles. The van der Waals surface area contributed by atoms with E-state index in [-0.39, 0.29) is 24.0 Å². The van der Waals surface area contributed by atoms with Crippen molar-refractivity contribution in [2.45, 2.75) is 45.7 Å². The zero-order chi connectivity index (χ0) is 18.4. The number of likely N-dealkylation sites (tertiary alicyclic amines) is 1. The minimum atomic E-state index is 0. The molecule has 1 N–H and O–H groups in total.